The van der Waals surface area contributed by atoms with Crippen LogP contribution in [0, 0.1) is 0 Å². The largest absolute Gasteiger partial charge is 0.368 e. The predicted molar refractivity (Wildman–Crippen MR) is 80.9 cm³/mol. The second-order valence-electron chi connectivity index (χ2n) is 5.45. The summed E-state index contributed by atoms with van der Waals surface area (Å²) in [5.41, 5.74) is 9.08. The number of hydrogen-bond acceptors (Lipinski definition) is 6. The summed E-state index contributed by atoms with van der Waals surface area (Å²) in [5, 5.41) is 7.37. The van der Waals surface area contributed by atoms with Crippen LogP contribution < -0.4 is 11.1 Å². The Kier molecular flexibility index (Phi) is 4.03. The third-order valence-electron chi connectivity index (χ3n) is 3.74. The van der Waals surface area contributed by atoms with Gasteiger partial charge in [0.25, 0.3) is 0 Å². The summed E-state index contributed by atoms with van der Waals surface area (Å²) >= 11 is 0. The smallest absolute Gasteiger partial charge is 0.222 e. The van der Waals surface area contributed by atoms with Crippen molar-refractivity contribution in [1.29, 1.82) is 0 Å². The molecule has 0 bridgehead atoms. The quantitative estimate of drug-likeness (QED) is 0.878. The maximum absolute atomic E-state index is 5.80. The van der Waals surface area contributed by atoms with E-state index in [0.717, 1.165) is 48.6 Å². The van der Waals surface area contributed by atoms with Crippen LogP contribution in [0.25, 0.3) is 0 Å². The minimum absolute atomic E-state index is 0.336. The molecule has 0 amide bonds. The molecule has 0 atom stereocenters. The molecule has 0 saturated carbocycles. The maximum Gasteiger partial charge on any atom is 0.222 e. The van der Waals surface area contributed by atoms with Gasteiger partial charge in [0.2, 0.25) is 5.95 Å². The van der Waals surface area contributed by atoms with Crippen molar-refractivity contribution >= 4 is 11.8 Å². The van der Waals surface area contributed by atoms with Crippen LogP contribution in [-0.4, -0.2) is 15.1 Å². The topological polar surface area (TPSA) is 89.9 Å². The number of nitrogens with zero attached hydrogens (tertiary/aromatic N) is 3. The van der Waals surface area contributed by atoms with E-state index in [2.05, 4.69) is 27.4 Å². The molecule has 3 rings (SSSR count). The Morgan fingerprint density at radius 1 is 1.29 bits per heavy atom. The lowest BCUT2D eigenvalue weighted by atomic mass is 9.96. The van der Waals surface area contributed by atoms with Crippen molar-refractivity contribution in [1.82, 2.24) is 15.1 Å². The molecule has 1 aliphatic carbocycles. The molecule has 2 aromatic rings. The van der Waals surface area contributed by atoms with Crippen molar-refractivity contribution in [2.24, 2.45) is 0 Å². The Hall–Kier alpha value is -2.11. The van der Waals surface area contributed by atoms with E-state index in [1.807, 2.05) is 6.07 Å². The zero-order chi connectivity index (χ0) is 14.7. The van der Waals surface area contributed by atoms with Crippen molar-refractivity contribution < 1.29 is 4.52 Å². The lowest BCUT2D eigenvalue weighted by Crippen LogP contribution is -2.14. The fourth-order valence-electron chi connectivity index (χ4n) is 2.74. The minimum Gasteiger partial charge on any atom is -0.368 e. The lowest BCUT2D eigenvalue weighted by Gasteiger charge is -2.18. The van der Waals surface area contributed by atoms with Gasteiger partial charge >= 0.3 is 0 Å². The normalized spacial score (nSPS) is 14.0. The number of nitrogens with one attached hydrogen (secondary N) is 1. The lowest BCUT2D eigenvalue weighted by molar-refractivity contribution is 0.381. The molecule has 112 valence electrons. The summed E-state index contributed by atoms with van der Waals surface area (Å²) in [5.74, 6) is 1.99. The van der Waals surface area contributed by atoms with Gasteiger partial charge in [-0.05, 0) is 32.1 Å². The molecule has 0 radical (unpaired) electrons. The van der Waals surface area contributed by atoms with Gasteiger partial charge in [-0.15, -0.1) is 0 Å². The standard InChI is InChI=1S/C15H21N5O/c1-2-5-10-8-11(21-20-10)9-17-14-12-6-3-4-7-13(12)18-15(16)19-14/h8H,2-7,9H2,1H3,(H3,16,17,18,19). The van der Waals surface area contributed by atoms with Crippen molar-refractivity contribution in [3.05, 3.63) is 28.8 Å². The predicted octanol–water partition coefficient (Wildman–Crippen LogP) is 2.49. The highest BCUT2D eigenvalue weighted by molar-refractivity contribution is 5.50. The first-order valence-electron chi connectivity index (χ1n) is 7.60. The number of nitrogen functional groups attached to an aromatic ring is 1. The van der Waals surface area contributed by atoms with Crippen LogP contribution >= 0.6 is 0 Å². The van der Waals surface area contributed by atoms with Gasteiger partial charge in [-0.25, -0.2) is 4.98 Å². The van der Waals surface area contributed by atoms with Gasteiger partial charge in [0.05, 0.1) is 17.9 Å². The van der Waals surface area contributed by atoms with Gasteiger partial charge in [0.15, 0.2) is 5.76 Å². The second kappa shape index (κ2) is 6.11. The summed E-state index contributed by atoms with van der Waals surface area (Å²) in [6.07, 6.45) is 6.35. The molecular formula is C15H21N5O. The average molecular weight is 287 g/mol. The van der Waals surface area contributed by atoms with Crippen LogP contribution in [0.2, 0.25) is 0 Å². The van der Waals surface area contributed by atoms with E-state index in [1.165, 1.54) is 18.4 Å². The number of hydrogen-bond donors (Lipinski definition) is 2. The molecule has 6 nitrogen and oxygen atoms in total. The highest BCUT2D eigenvalue weighted by Gasteiger charge is 2.17. The van der Waals surface area contributed by atoms with E-state index in [1.54, 1.807) is 0 Å². The van der Waals surface area contributed by atoms with E-state index in [9.17, 15) is 0 Å². The zero-order valence-electron chi connectivity index (χ0n) is 12.4. The summed E-state index contributed by atoms with van der Waals surface area (Å²) in [4.78, 5) is 8.69. The molecular weight excluding hydrogens is 266 g/mol. The van der Waals surface area contributed by atoms with Gasteiger partial charge in [0, 0.05) is 11.6 Å². The van der Waals surface area contributed by atoms with E-state index in [0.29, 0.717) is 12.5 Å². The zero-order valence-corrected chi connectivity index (χ0v) is 12.4. The SMILES string of the molecule is CCCc1cc(CNc2nc(N)nc3c2CCCC3)on1. The number of aromatic nitrogens is 3. The Balaban J connectivity index is 1.73. The number of rotatable bonds is 5. The van der Waals surface area contributed by atoms with Crippen LogP contribution in [0.15, 0.2) is 10.6 Å². The summed E-state index contributed by atoms with van der Waals surface area (Å²) < 4.78 is 5.33. The van der Waals surface area contributed by atoms with Crippen LogP contribution in [0.4, 0.5) is 11.8 Å². The first-order valence-corrected chi connectivity index (χ1v) is 7.60. The minimum atomic E-state index is 0.336. The van der Waals surface area contributed by atoms with Crippen LogP contribution in [0.3, 0.4) is 0 Å². The number of anilines is 2. The van der Waals surface area contributed by atoms with Crippen molar-refractivity contribution in [3.63, 3.8) is 0 Å². The van der Waals surface area contributed by atoms with Crippen LogP contribution in [-0.2, 0) is 25.8 Å². The van der Waals surface area contributed by atoms with E-state index < -0.39 is 0 Å². The summed E-state index contributed by atoms with van der Waals surface area (Å²) in [7, 11) is 0. The van der Waals surface area contributed by atoms with Gasteiger partial charge in [-0.1, -0.05) is 18.5 Å². The first kappa shape index (κ1) is 13.9. The number of nitrogens with two attached hydrogens (primary N) is 1. The molecule has 2 heterocycles. The molecule has 0 saturated heterocycles. The number of aryl methyl sites for hydroxylation is 2. The molecule has 3 N–H and O–H groups in total. The fraction of sp³-hybridized carbons (Fsp3) is 0.533. The molecule has 0 fully saturated rings. The van der Waals surface area contributed by atoms with Crippen molar-refractivity contribution in [3.8, 4) is 0 Å². The van der Waals surface area contributed by atoms with Gasteiger partial charge < -0.3 is 15.6 Å². The summed E-state index contributed by atoms with van der Waals surface area (Å²) in [6.45, 7) is 2.70. The Morgan fingerprint density at radius 3 is 3.00 bits per heavy atom. The third-order valence-corrected chi connectivity index (χ3v) is 3.74. The second-order valence-corrected chi connectivity index (χ2v) is 5.45. The van der Waals surface area contributed by atoms with Gasteiger partial charge in [0.1, 0.15) is 5.82 Å². The van der Waals surface area contributed by atoms with Gasteiger partial charge in [-0.2, -0.15) is 4.98 Å². The number of fused-ring (bicyclic) bond motifs is 1. The Morgan fingerprint density at radius 2 is 2.14 bits per heavy atom. The molecule has 1 aliphatic rings. The fourth-order valence-corrected chi connectivity index (χ4v) is 2.74. The molecule has 6 heteroatoms. The van der Waals surface area contributed by atoms with E-state index in [4.69, 9.17) is 10.3 Å². The van der Waals surface area contributed by atoms with E-state index in [-0.39, 0.29) is 0 Å². The van der Waals surface area contributed by atoms with Crippen molar-refractivity contribution in [2.45, 2.75) is 52.0 Å². The molecule has 0 aliphatic heterocycles. The third kappa shape index (κ3) is 3.15. The highest BCUT2D eigenvalue weighted by atomic mass is 16.5. The van der Waals surface area contributed by atoms with Gasteiger partial charge in [-0.3, -0.25) is 0 Å². The molecule has 0 aromatic carbocycles. The maximum atomic E-state index is 5.80. The molecule has 0 unspecified atom stereocenters. The van der Waals surface area contributed by atoms with Crippen molar-refractivity contribution in [2.75, 3.05) is 11.1 Å². The first-order chi connectivity index (χ1) is 10.3. The summed E-state index contributed by atoms with van der Waals surface area (Å²) in [6, 6.07) is 1.99. The van der Waals surface area contributed by atoms with Crippen LogP contribution in [0.1, 0.15) is 48.9 Å². The molecule has 21 heavy (non-hydrogen) atoms. The Bertz CT molecular complexity index is 623. The average Bonchev–Trinajstić information content (AvgIpc) is 2.93. The monoisotopic (exact) mass is 287 g/mol. The van der Waals surface area contributed by atoms with Crippen LogP contribution in [0.5, 0.6) is 0 Å². The highest BCUT2D eigenvalue weighted by Crippen LogP contribution is 2.26. The molecule has 2 aromatic heterocycles. The Labute approximate surface area is 124 Å². The molecule has 0 spiro atoms. The van der Waals surface area contributed by atoms with E-state index >= 15 is 0 Å².